The molecule has 0 aliphatic rings. The maximum Gasteiger partial charge on any atom is 0.224 e. The first kappa shape index (κ1) is 13.1. The molecule has 0 fully saturated rings. The van der Waals surface area contributed by atoms with E-state index < -0.39 is 0 Å². The molecule has 2 aromatic rings. The van der Waals surface area contributed by atoms with Crippen molar-refractivity contribution in [1.29, 1.82) is 0 Å². The summed E-state index contributed by atoms with van der Waals surface area (Å²) in [5, 5.41) is 10.7. The first-order valence-corrected chi connectivity index (χ1v) is 6.13. The van der Waals surface area contributed by atoms with E-state index in [9.17, 15) is 0 Å². The molecule has 0 atom stereocenters. The van der Waals surface area contributed by atoms with Crippen LogP contribution in [0, 0.1) is 0 Å². The minimum absolute atomic E-state index is 0.0243. The molecule has 0 saturated heterocycles. The monoisotopic (exact) mass is 285 g/mol. The normalized spacial score (nSPS) is 11.6. The van der Waals surface area contributed by atoms with Crippen molar-refractivity contribution in [2.45, 2.75) is 26.2 Å². The van der Waals surface area contributed by atoms with Gasteiger partial charge < -0.3 is 5.32 Å². The quantitative estimate of drug-likeness (QED) is 0.828. The highest BCUT2D eigenvalue weighted by Gasteiger charge is 2.17. The highest BCUT2D eigenvalue weighted by atomic mass is 35.5. The van der Waals surface area contributed by atoms with E-state index in [1.807, 2.05) is 6.07 Å². The van der Waals surface area contributed by atoms with Gasteiger partial charge in [-0.05, 0) is 11.6 Å². The van der Waals surface area contributed by atoms with Gasteiger partial charge in [0.1, 0.15) is 10.8 Å². The van der Waals surface area contributed by atoms with Gasteiger partial charge in [-0.1, -0.05) is 32.4 Å². The van der Waals surface area contributed by atoms with Gasteiger partial charge in [-0.3, -0.25) is 5.10 Å². The summed E-state index contributed by atoms with van der Waals surface area (Å²) in [4.78, 5) is 7.78. The SMILES string of the molecule is CC(C)(C)c1cc(Nc2nc(Cl)ncc2Cl)[nH]n1. The lowest BCUT2D eigenvalue weighted by molar-refractivity contribution is 0.567. The van der Waals surface area contributed by atoms with Crippen molar-refractivity contribution in [2.24, 2.45) is 0 Å². The van der Waals surface area contributed by atoms with Gasteiger partial charge in [-0.2, -0.15) is 10.1 Å². The molecule has 0 bridgehead atoms. The number of hydrogen-bond donors (Lipinski definition) is 2. The second kappa shape index (κ2) is 4.74. The van der Waals surface area contributed by atoms with Gasteiger partial charge in [0, 0.05) is 11.5 Å². The number of halogens is 2. The second-order valence-corrected chi connectivity index (χ2v) is 5.62. The van der Waals surface area contributed by atoms with Crippen LogP contribution in [0.3, 0.4) is 0 Å². The Balaban J connectivity index is 2.24. The fourth-order valence-electron chi connectivity index (χ4n) is 1.33. The van der Waals surface area contributed by atoms with E-state index in [0.29, 0.717) is 16.7 Å². The average Bonchev–Trinajstić information content (AvgIpc) is 2.71. The third-order valence-corrected chi connectivity index (χ3v) is 2.77. The van der Waals surface area contributed by atoms with E-state index in [-0.39, 0.29) is 10.7 Å². The van der Waals surface area contributed by atoms with E-state index in [2.05, 4.69) is 46.3 Å². The summed E-state index contributed by atoms with van der Waals surface area (Å²) in [5.41, 5.74) is 0.921. The topological polar surface area (TPSA) is 66.5 Å². The standard InChI is InChI=1S/C11H13Cl2N5/c1-11(2,3)7-4-8(18-17-7)15-9-6(12)5-14-10(13)16-9/h4-5H,1-3H3,(H2,14,15,16,17,18). The van der Waals surface area contributed by atoms with Gasteiger partial charge in [0.15, 0.2) is 5.82 Å². The predicted octanol–water partition coefficient (Wildman–Crippen LogP) is 3.55. The molecule has 2 heterocycles. The van der Waals surface area contributed by atoms with Gasteiger partial charge in [0.25, 0.3) is 0 Å². The largest absolute Gasteiger partial charge is 0.324 e. The summed E-state index contributed by atoms with van der Waals surface area (Å²) in [5.74, 6) is 1.15. The maximum absolute atomic E-state index is 5.96. The third kappa shape index (κ3) is 2.91. The van der Waals surface area contributed by atoms with Crippen molar-refractivity contribution in [3.8, 4) is 0 Å². The van der Waals surface area contributed by atoms with Crippen LogP contribution in [0.25, 0.3) is 0 Å². The van der Waals surface area contributed by atoms with E-state index in [0.717, 1.165) is 5.69 Å². The van der Waals surface area contributed by atoms with Crippen LogP contribution >= 0.6 is 23.2 Å². The lowest BCUT2D eigenvalue weighted by Gasteiger charge is -2.13. The average molecular weight is 286 g/mol. The number of aromatic nitrogens is 4. The molecule has 0 aliphatic carbocycles. The Morgan fingerprint density at radius 3 is 2.61 bits per heavy atom. The number of hydrogen-bond acceptors (Lipinski definition) is 4. The van der Waals surface area contributed by atoms with Crippen molar-refractivity contribution < 1.29 is 0 Å². The number of nitrogens with zero attached hydrogens (tertiary/aromatic N) is 3. The molecule has 2 N–H and O–H groups in total. The molecule has 5 nitrogen and oxygen atoms in total. The second-order valence-electron chi connectivity index (χ2n) is 4.88. The molecule has 18 heavy (non-hydrogen) atoms. The van der Waals surface area contributed by atoms with Crippen LogP contribution in [0.15, 0.2) is 12.3 Å². The van der Waals surface area contributed by atoms with Crippen LogP contribution in [-0.2, 0) is 5.41 Å². The molecule has 0 saturated carbocycles. The summed E-state index contributed by atoms with van der Waals surface area (Å²) in [7, 11) is 0. The zero-order valence-corrected chi connectivity index (χ0v) is 11.8. The molecule has 2 rings (SSSR count). The van der Waals surface area contributed by atoms with Crippen LogP contribution in [0.1, 0.15) is 26.5 Å². The zero-order chi connectivity index (χ0) is 13.3. The molecule has 0 amide bonds. The highest BCUT2D eigenvalue weighted by Crippen LogP contribution is 2.26. The van der Waals surface area contributed by atoms with Crippen molar-refractivity contribution in [3.05, 3.63) is 28.3 Å². The number of rotatable bonds is 2. The molecule has 0 unspecified atom stereocenters. The van der Waals surface area contributed by atoms with Crippen LogP contribution in [0.4, 0.5) is 11.6 Å². The highest BCUT2D eigenvalue weighted by molar-refractivity contribution is 6.33. The first-order chi connectivity index (χ1) is 8.36. The lowest BCUT2D eigenvalue weighted by atomic mass is 9.92. The number of H-pyrrole nitrogens is 1. The molecule has 0 aliphatic heterocycles. The third-order valence-electron chi connectivity index (χ3n) is 2.31. The summed E-state index contributed by atoms with van der Waals surface area (Å²) >= 11 is 11.7. The summed E-state index contributed by atoms with van der Waals surface area (Å²) in [6.45, 7) is 6.25. The summed E-state index contributed by atoms with van der Waals surface area (Å²) in [6.07, 6.45) is 1.44. The molecule has 2 aromatic heterocycles. The smallest absolute Gasteiger partial charge is 0.224 e. The Labute approximate surface area is 115 Å². The van der Waals surface area contributed by atoms with Crippen LogP contribution in [-0.4, -0.2) is 20.2 Å². The fourth-order valence-corrected chi connectivity index (χ4v) is 1.60. The number of nitrogens with one attached hydrogen (secondary N) is 2. The number of aromatic amines is 1. The van der Waals surface area contributed by atoms with E-state index in [1.165, 1.54) is 6.20 Å². The first-order valence-electron chi connectivity index (χ1n) is 5.37. The molecular weight excluding hydrogens is 273 g/mol. The Morgan fingerprint density at radius 2 is 2.00 bits per heavy atom. The van der Waals surface area contributed by atoms with Gasteiger partial charge in [-0.15, -0.1) is 0 Å². The number of anilines is 2. The molecular formula is C11H13Cl2N5. The van der Waals surface area contributed by atoms with Gasteiger partial charge in [-0.25, -0.2) is 4.98 Å². The van der Waals surface area contributed by atoms with Crippen LogP contribution < -0.4 is 5.32 Å². The zero-order valence-electron chi connectivity index (χ0n) is 10.3. The lowest BCUT2D eigenvalue weighted by Crippen LogP contribution is -2.11. The van der Waals surface area contributed by atoms with Crippen molar-refractivity contribution in [3.63, 3.8) is 0 Å². The summed E-state index contributed by atoms with van der Waals surface area (Å²) < 4.78 is 0. The van der Waals surface area contributed by atoms with Crippen molar-refractivity contribution in [2.75, 3.05) is 5.32 Å². The Bertz CT molecular complexity index is 559. The van der Waals surface area contributed by atoms with Gasteiger partial charge in [0.2, 0.25) is 5.28 Å². The minimum atomic E-state index is -0.0243. The predicted molar refractivity (Wildman–Crippen MR) is 72.6 cm³/mol. The van der Waals surface area contributed by atoms with Crippen molar-refractivity contribution >= 4 is 34.8 Å². The molecule has 0 aromatic carbocycles. The molecule has 7 heteroatoms. The van der Waals surface area contributed by atoms with Gasteiger partial charge >= 0.3 is 0 Å². The Morgan fingerprint density at radius 1 is 1.28 bits per heavy atom. The Kier molecular flexibility index (Phi) is 3.45. The summed E-state index contributed by atoms with van der Waals surface area (Å²) in [6, 6.07) is 1.91. The minimum Gasteiger partial charge on any atom is -0.324 e. The van der Waals surface area contributed by atoms with E-state index in [4.69, 9.17) is 23.2 Å². The van der Waals surface area contributed by atoms with E-state index in [1.54, 1.807) is 0 Å². The Hall–Kier alpha value is -1.33. The van der Waals surface area contributed by atoms with Gasteiger partial charge in [0.05, 0.1) is 11.9 Å². The molecule has 96 valence electrons. The van der Waals surface area contributed by atoms with E-state index >= 15 is 0 Å². The fraction of sp³-hybridized carbons (Fsp3) is 0.364. The van der Waals surface area contributed by atoms with Crippen molar-refractivity contribution in [1.82, 2.24) is 20.2 Å². The van der Waals surface area contributed by atoms with Crippen LogP contribution in [0.5, 0.6) is 0 Å². The van der Waals surface area contributed by atoms with Crippen LogP contribution in [0.2, 0.25) is 10.3 Å². The molecule has 0 radical (unpaired) electrons. The maximum atomic E-state index is 5.96. The molecule has 0 spiro atoms.